The van der Waals surface area contributed by atoms with E-state index in [9.17, 15) is 53.1 Å². The van der Waals surface area contributed by atoms with Crippen molar-refractivity contribution >= 4 is 40.9 Å². The second-order valence-corrected chi connectivity index (χ2v) is 19.1. The molecule has 3 nitrogen and oxygen atoms in total. The molecule has 0 spiro atoms. The lowest BCUT2D eigenvalue weighted by atomic mass is 9.80. The van der Waals surface area contributed by atoms with Crippen LogP contribution < -0.4 is 5.46 Å². The van der Waals surface area contributed by atoms with Crippen LogP contribution in [0.5, 0.6) is 0 Å². The van der Waals surface area contributed by atoms with Gasteiger partial charge in [0.05, 0.1) is 5.56 Å². The van der Waals surface area contributed by atoms with Crippen molar-refractivity contribution < 1.29 is 194 Å². The number of allylic oxidation sites excluding steroid dienone is 1. The lowest BCUT2D eigenvalue weighted by Crippen LogP contribution is -2.29. The molecule has 0 aliphatic carbocycles. The summed E-state index contributed by atoms with van der Waals surface area (Å²) in [5.74, 6) is -5.94. The Morgan fingerprint density at radius 2 is 0.720 bits per heavy atom. The molecule has 0 unspecified atom stereocenters. The number of halogens is 12. The van der Waals surface area contributed by atoms with Gasteiger partial charge in [-0.15, -0.1) is 0 Å². The quantitative estimate of drug-likeness (QED) is 0.0648. The van der Waals surface area contributed by atoms with Crippen LogP contribution in [0.15, 0.2) is 168 Å². The van der Waals surface area contributed by atoms with Gasteiger partial charge in [-0.3, -0.25) is 4.79 Å². The molecule has 2 N–H and O–H groups in total. The molecule has 0 aliphatic heterocycles. The average Bonchev–Trinajstić information content (AvgIpc) is 0.823. The van der Waals surface area contributed by atoms with Crippen molar-refractivity contribution in [1.29, 1.82) is 0 Å². The van der Waals surface area contributed by atoms with E-state index >= 15 is 0 Å². The molecule has 526 valence electrons. The molecule has 0 bridgehead atoms. The fourth-order valence-electron chi connectivity index (χ4n) is 7.79. The third-order valence-electron chi connectivity index (χ3n) is 11.7. The van der Waals surface area contributed by atoms with Crippen LogP contribution in [0.2, 0.25) is 0 Å². The summed E-state index contributed by atoms with van der Waals surface area (Å²) >= 11 is 2.93. The Kier molecular flexibility index (Phi) is 12.6. The van der Waals surface area contributed by atoms with Crippen LogP contribution in [-0.4, -0.2) is 29.6 Å². The highest BCUT2D eigenvalue weighted by molar-refractivity contribution is 9.10. The van der Waals surface area contributed by atoms with E-state index in [1.165, 1.54) is 53.1 Å². The lowest BCUT2D eigenvalue weighted by molar-refractivity contribution is -0.0790. The van der Waals surface area contributed by atoms with E-state index in [-0.39, 0.29) is 35.6 Å². The average molecular weight is 1480 g/mol. The van der Waals surface area contributed by atoms with Crippen molar-refractivity contribution in [2.45, 2.75) is 100 Å². The zero-order chi connectivity index (χ0) is 145. The minimum atomic E-state index is -4.62. The smallest absolute Gasteiger partial charge is 0.423 e. The van der Waals surface area contributed by atoms with Crippen molar-refractivity contribution in [3.05, 3.63) is 248 Å². The predicted octanol–water partition coefficient (Wildman–Crippen LogP) is 30.5. The number of hydrogen-bond donors (Lipinski definition) is 2. The Hall–Kier alpha value is -7.14. The van der Waals surface area contributed by atoms with Gasteiger partial charge < -0.3 is 10.0 Å². The van der Waals surface area contributed by atoms with Gasteiger partial charge in [-0.2, -0.15) is 13.2 Å². The molecular weight excluding hydrogens is 1140 g/mol. The molecule has 0 saturated heterocycles. The van der Waals surface area contributed by atoms with E-state index in [1.807, 2.05) is 79.7 Å². The molecule has 8 aromatic rings. The molecule has 0 aromatic heterocycles. The van der Waals surface area contributed by atoms with Gasteiger partial charge in [0.15, 0.2) is 6.29 Å². The van der Waals surface area contributed by atoms with Crippen LogP contribution in [-0.2, 0) is 25.7 Å². The van der Waals surface area contributed by atoms with E-state index < -0.39 is 71.0 Å². The molecule has 16 heteroatoms. The minimum Gasteiger partial charge on any atom is -0.423 e. The van der Waals surface area contributed by atoms with Crippen molar-refractivity contribution in [2.75, 3.05) is 0 Å². The van der Waals surface area contributed by atoms with Crippen molar-refractivity contribution in [3.8, 4) is 33.4 Å². The van der Waals surface area contributed by atoms with Crippen molar-refractivity contribution in [3.63, 3.8) is 0 Å². The fourth-order valence-corrected chi connectivity index (χ4v) is 8.23. The van der Waals surface area contributed by atoms with E-state index in [4.69, 9.17) is 138 Å². The second-order valence-electron chi connectivity index (χ2n) is 18.2. The van der Waals surface area contributed by atoms with Crippen LogP contribution in [0.25, 0.3) is 39.5 Å². The highest BCUT2D eigenvalue weighted by Crippen LogP contribution is 2.29. The predicted molar refractivity (Wildman–Crippen MR) is 411 cm³/mol. The van der Waals surface area contributed by atoms with Gasteiger partial charge >= 0.3 is 13.3 Å². The van der Waals surface area contributed by atoms with E-state index in [2.05, 4.69) is 36.7 Å². The Labute approximate surface area is 619 Å². The maximum Gasteiger partial charge on any atom is 0.488 e. The Morgan fingerprint density at radius 3 is 0.988 bits per heavy atom. The second kappa shape index (κ2) is 35.7. The van der Waals surface area contributed by atoms with Crippen molar-refractivity contribution in [2.24, 2.45) is 0 Å². The maximum absolute atomic E-state index is 13.9. The fraction of sp³-hybridized carbons (Fsp3) is 0.227. The maximum atomic E-state index is 13.9. The summed E-state index contributed by atoms with van der Waals surface area (Å²) in [6, 6.07) is 41.2. The summed E-state index contributed by atoms with van der Waals surface area (Å²) in [7, 11) is -1.35. The normalized spacial score (nSPS) is 14.7. The third kappa shape index (κ3) is 24.1. The lowest BCUT2D eigenvalue weighted by Gasteiger charge is -2.07. The monoisotopic (exact) mass is 1470 g/mol. The summed E-state index contributed by atoms with van der Waals surface area (Å²) in [6.45, 7) is 8.38. The number of benzene rings is 8. The van der Waals surface area contributed by atoms with Crippen LogP contribution in [0.4, 0.5) is 48.3 Å². The first-order chi connectivity index (χ1) is 81.1. The highest BCUT2D eigenvalue weighted by Gasteiger charge is 2.23. The molecule has 8 rings (SSSR count). The molecule has 0 aliphatic rings. The number of rotatable bonds is 14. The van der Waals surface area contributed by atoms with Gasteiger partial charge in [0.25, 0.3) is 0 Å². The Morgan fingerprint density at radius 1 is 0.439 bits per heavy atom. The van der Waals surface area contributed by atoms with Gasteiger partial charge in [-0.1, -0.05) is 181 Å². The third-order valence-corrected chi connectivity index (χ3v) is 12.2. The molecule has 82 heavy (non-hydrogen) atoms. The first-order valence-corrected chi connectivity index (χ1v) is 26.4. The van der Waals surface area contributed by atoms with Gasteiger partial charge in [0.2, 0.25) is 0 Å². The van der Waals surface area contributed by atoms with Crippen LogP contribution in [0, 0.1) is 46.5 Å². The molecular formula is C66H157BBrF11O3. The van der Waals surface area contributed by atoms with E-state index in [1.54, 1.807) is 24.3 Å². The van der Waals surface area contributed by atoms with Crippen LogP contribution in [0.1, 0.15) is 237 Å². The topological polar surface area (TPSA) is 57.5 Å². The standard InChI is InChI=1S/C18H15F5.C16H14F2O.C15H14F2.C9H13BO2.C6H3BrF2.2CH4.45H2/c1-2-3-12-4-6-13(7-5-12)14-10-16(19)15(17(20)11-14)8-9-18(21,22)23;1-2-3-11-4-6-12(7-5-11)13-8-15(17)14(10-19)16(18)9-13;1-2-3-11-4-6-12(7-5-11)13-8-14(16)10-15(17)9-13;1-2-3-8-4-6-9(7-5-8)10(11)12;7-4-1-5(8)3-6(9)2-4;;;;;;;;;;;;;;;;;;;;;;;;;;;;;;;;;;;;;;;;;;;;;;;/h4-11H,2-3H2,1H3;4-10H,2-3H2,1H3;4-10H,2-3H2,1H3;4-7,11-12H,2-3H2,1H3;1-3H;2*1H4;45*1H/b9-8+;;;;;;;;;;;;;;;;;;;;;;;;;;;;;;;;;;;;;;;;;;;;;;;;;;;/i;;;;;;;43*1+2T;2*1+2. The van der Waals surface area contributed by atoms with Gasteiger partial charge in [0, 0.05) is 159 Å². The zero-order valence-electron chi connectivity index (χ0n) is 130. The number of aryl methyl sites for hydroxylation is 4. The first-order valence-electron chi connectivity index (χ1n) is 68.6. The molecule has 0 heterocycles. The number of carbonyl (C=O) groups excluding carboxylic acids is 1. The van der Waals surface area contributed by atoms with Crippen LogP contribution in [0.3, 0.4) is 0 Å². The molecule has 0 saturated carbocycles. The summed E-state index contributed by atoms with van der Waals surface area (Å²) in [5, 5.41) is 17.6. The SMILES string of the molecule is C.C.CCCc1ccc(-c2cc(F)c(/C=C/C(F)(F)F)c(F)c2)cc1.CCCc1ccc(-c2cc(F)c(C=O)c(F)c2)cc1.CCCc1ccc(-c2cc(F)cc(F)c2)cc1.CCCc1ccc(B(O)O)cc1.Fc1cc(F)cc(Br)c1.[3HH].[3HH].[3H][3H].[3H][3H].[3H][3H].[3H][3H].[3H][3H].[3H][3H].[3H][3H].[3H][3H].[3H][3H].[3H][3H].[3H][3H].[3H][3H].[3H][3H].[3H][3H].[3H][3H].[3H][3H].[3H][3H].[3H][3H].[3H][3H].[3H][3H].[3H][3H].[3H][3H].[3H][3H].[3H][3H].[3H][3H].[3H][3H].[3H][3H].[3H][3H].[3H][3H].[3H][3H].[3H][3H].[3H][3H].[3H][3H].[3H][3H].[3H][3H].[3H][3H].[3H][3H].[3H][3H].[3H][3H].[3H][3H].[3H][3H].[3H][3H].[3H][3H]. The van der Waals surface area contributed by atoms with Gasteiger partial charge in [-0.25, -0.2) is 35.1 Å². The molecule has 0 radical (unpaired) electrons. The van der Waals surface area contributed by atoms with Crippen molar-refractivity contribution in [1.82, 2.24) is 0 Å². The number of hydrogen-bond acceptors (Lipinski definition) is 3. The van der Waals surface area contributed by atoms with Crippen LogP contribution >= 0.6 is 15.9 Å². The zero-order valence-corrected chi connectivity index (χ0v) is 45.9. The van der Waals surface area contributed by atoms with E-state index in [0.29, 0.717) is 32.7 Å². The molecule has 0 fully saturated rings. The van der Waals surface area contributed by atoms with Gasteiger partial charge in [0.1, 0.15) is 46.5 Å². The minimum absolute atomic E-state index is 0. The molecule has 0 amide bonds. The number of aldehydes is 1. The number of carbonyl (C=O) groups is 1. The highest BCUT2D eigenvalue weighted by atomic mass is 79.9. The van der Waals surface area contributed by atoms with E-state index in [0.717, 1.165) is 92.3 Å². The Bertz CT molecular complexity index is 3270. The summed E-state index contributed by atoms with van der Waals surface area (Å²) in [6.07, 6.45) is 3.99. The summed E-state index contributed by atoms with van der Waals surface area (Å²) in [5.41, 5.74) is 7.58. The summed E-state index contributed by atoms with van der Waals surface area (Å²) < 4.78 is 572. The molecule has 8 aromatic carbocycles. The Balaban J connectivity index is -0.0000000240. The first kappa shape index (κ1) is 28.9. The number of alkyl halides is 3. The molecule has 0 atom stereocenters. The largest absolute Gasteiger partial charge is 0.488 e. The van der Waals surface area contributed by atoms with Gasteiger partial charge in [-0.05, 0) is 141 Å². The summed E-state index contributed by atoms with van der Waals surface area (Å²) in [4.78, 5) is 10.5.